The molecule has 3 heteroatoms. The SMILES string of the molecule is C=C(CC)CC(NCCC)c1c(F)cccc1Br. The number of nitrogens with one attached hydrogen (secondary N) is 1. The summed E-state index contributed by atoms with van der Waals surface area (Å²) in [6.07, 6.45) is 2.73. The highest BCUT2D eigenvalue weighted by Crippen LogP contribution is 2.30. The summed E-state index contributed by atoms with van der Waals surface area (Å²) in [6, 6.07) is 5.10. The first-order valence-electron chi connectivity index (χ1n) is 6.44. The number of hydrogen-bond acceptors (Lipinski definition) is 1. The van der Waals surface area contributed by atoms with E-state index in [-0.39, 0.29) is 11.9 Å². The van der Waals surface area contributed by atoms with E-state index >= 15 is 0 Å². The summed E-state index contributed by atoms with van der Waals surface area (Å²) in [5.74, 6) is -0.165. The molecule has 18 heavy (non-hydrogen) atoms. The summed E-state index contributed by atoms with van der Waals surface area (Å²) in [5.41, 5.74) is 1.85. The average Bonchev–Trinajstić information content (AvgIpc) is 2.35. The molecule has 1 N–H and O–H groups in total. The van der Waals surface area contributed by atoms with Crippen molar-refractivity contribution in [2.24, 2.45) is 0 Å². The fourth-order valence-electron chi connectivity index (χ4n) is 1.87. The maximum Gasteiger partial charge on any atom is 0.129 e. The normalized spacial score (nSPS) is 12.4. The van der Waals surface area contributed by atoms with E-state index in [2.05, 4.69) is 41.7 Å². The van der Waals surface area contributed by atoms with Crippen molar-refractivity contribution < 1.29 is 4.39 Å². The molecular formula is C15H21BrFN. The molecule has 0 aliphatic carbocycles. The maximum atomic E-state index is 14.0. The lowest BCUT2D eigenvalue weighted by atomic mass is 9.98. The fraction of sp³-hybridized carbons (Fsp3) is 0.467. The van der Waals surface area contributed by atoms with Crippen LogP contribution in [0.4, 0.5) is 4.39 Å². The zero-order valence-corrected chi connectivity index (χ0v) is 12.7. The molecule has 1 nitrogen and oxygen atoms in total. The second-order valence-corrected chi connectivity index (χ2v) is 5.30. The van der Waals surface area contributed by atoms with Crippen LogP contribution in [0.25, 0.3) is 0 Å². The summed E-state index contributed by atoms with van der Waals surface area (Å²) in [6.45, 7) is 9.09. The minimum absolute atomic E-state index is 0.00650. The van der Waals surface area contributed by atoms with Crippen LogP contribution in [-0.4, -0.2) is 6.54 Å². The first-order chi connectivity index (χ1) is 8.60. The van der Waals surface area contributed by atoms with Crippen LogP contribution in [0.15, 0.2) is 34.8 Å². The van der Waals surface area contributed by atoms with Gasteiger partial charge in [0, 0.05) is 16.1 Å². The Bertz CT molecular complexity index is 383. The first-order valence-corrected chi connectivity index (χ1v) is 7.23. The predicted octanol–water partition coefficient (Wildman–Crippen LogP) is 4.99. The van der Waals surface area contributed by atoms with Gasteiger partial charge in [0.15, 0.2) is 0 Å². The summed E-state index contributed by atoms with van der Waals surface area (Å²) >= 11 is 3.44. The molecule has 0 aromatic heterocycles. The van der Waals surface area contributed by atoms with Gasteiger partial charge in [-0.3, -0.25) is 0 Å². The van der Waals surface area contributed by atoms with Gasteiger partial charge in [0.2, 0.25) is 0 Å². The molecule has 0 saturated heterocycles. The average molecular weight is 314 g/mol. The van der Waals surface area contributed by atoms with E-state index in [1.165, 1.54) is 6.07 Å². The second kappa shape index (κ2) is 7.70. The van der Waals surface area contributed by atoms with Gasteiger partial charge in [-0.1, -0.05) is 48.0 Å². The van der Waals surface area contributed by atoms with E-state index in [1.54, 1.807) is 6.07 Å². The van der Waals surface area contributed by atoms with Crippen LogP contribution in [-0.2, 0) is 0 Å². The molecular weight excluding hydrogens is 293 g/mol. The molecule has 0 heterocycles. The lowest BCUT2D eigenvalue weighted by Gasteiger charge is -2.21. The number of hydrogen-bond donors (Lipinski definition) is 1. The van der Waals surface area contributed by atoms with E-state index < -0.39 is 0 Å². The summed E-state index contributed by atoms with van der Waals surface area (Å²) < 4.78 is 14.8. The third-order valence-corrected chi connectivity index (χ3v) is 3.67. The second-order valence-electron chi connectivity index (χ2n) is 4.45. The van der Waals surface area contributed by atoms with Crippen molar-refractivity contribution in [3.8, 4) is 0 Å². The van der Waals surface area contributed by atoms with Crippen LogP contribution in [0.2, 0.25) is 0 Å². The Labute approximate surface area is 118 Å². The largest absolute Gasteiger partial charge is 0.310 e. The van der Waals surface area contributed by atoms with Crippen molar-refractivity contribution in [1.82, 2.24) is 5.32 Å². The minimum atomic E-state index is -0.165. The van der Waals surface area contributed by atoms with E-state index in [1.807, 2.05) is 6.07 Å². The zero-order chi connectivity index (χ0) is 13.5. The molecule has 0 fully saturated rings. The Morgan fingerprint density at radius 2 is 2.17 bits per heavy atom. The molecule has 0 bridgehead atoms. The van der Waals surface area contributed by atoms with Crippen LogP contribution in [0.3, 0.4) is 0 Å². The van der Waals surface area contributed by atoms with Gasteiger partial charge in [0.1, 0.15) is 5.82 Å². The van der Waals surface area contributed by atoms with Crippen LogP contribution in [0.1, 0.15) is 44.7 Å². The predicted molar refractivity (Wildman–Crippen MR) is 79.2 cm³/mol. The number of halogens is 2. The lowest BCUT2D eigenvalue weighted by Crippen LogP contribution is -2.24. The molecule has 1 aromatic rings. The number of rotatable bonds is 7. The molecule has 1 atom stereocenters. The Hall–Kier alpha value is -0.670. The zero-order valence-electron chi connectivity index (χ0n) is 11.1. The molecule has 1 aromatic carbocycles. The van der Waals surface area contributed by atoms with Gasteiger partial charge in [0.25, 0.3) is 0 Å². The van der Waals surface area contributed by atoms with Crippen LogP contribution in [0.5, 0.6) is 0 Å². The van der Waals surface area contributed by atoms with Crippen molar-refractivity contribution in [3.05, 3.63) is 46.2 Å². The minimum Gasteiger partial charge on any atom is -0.310 e. The molecule has 0 aliphatic rings. The van der Waals surface area contributed by atoms with Gasteiger partial charge < -0.3 is 5.32 Å². The van der Waals surface area contributed by atoms with Gasteiger partial charge in [-0.2, -0.15) is 0 Å². The highest BCUT2D eigenvalue weighted by atomic mass is 79.9. The summed E-state index contributed by atoms with van der Waals surface area (Å²) in [4.78, 5) is 0. The fourth-order valence-corrected chi connectivity index (χ4v) is 2.49. The van der Waals surface area contributed by atoms with Crippen LogP contribution in [0, 0.1) is 5.82 Å². The molecule has 1 unspecified atom stereocenters. The summed E-state index contributed by atoms with van der Waals surface area (Å²) in [5, 5.41) is 3.40. The van der Waals surface area contributed by atoms with Crippen LogP contribution >= 0.6 is 15.9 Å². The molecule has 0 amide bonds. The Balaban J connectivity index is 2.97. The molecule has 100 valence electrons. The quantitative estimate of drug-likeness (QED) is 0.700. The third-order valence-electron chi connectivity index (χ3n) is 2.98. The molecule has 0 radical (unpaired) electrons. The highest BCUT2D eigenvalue weighted by molar-refractivity contribution is 9.10. The van der Waals surface area contributed by atoms with E-state index in [0.717, 1.165) is 35.9 Å². The van der Waals surface area contributed by atoms with Crippen molar-refractivity contribution in [2.75, 3.05) is 6.54 Å². The lowest BCUT2D eigenvalue weighted by molar-refractivity contribution is 0.491. The summed E-state index contributed by atoms with van der Waals surface area (Å²) in [7, 11) is 0. The standard InChI is InChI=1S/C15H21BrFN/c1-4-9-18-14(10-11(3)5-2)15-12(16)7-6-8-13(15)17/h6-8,14,18H,3-5,9-10H2,1-2H3. The van der Waals surface area contributed by atoms with Crippen molar-refractivity contribution in [2.45, 2.75) is 39.2 Å². The van der Waals surface area contributed by atoms with Gasteiger partial charge in [0.05, 0.1) is 0 Å². The van der Waals surface area contributed by atoms with Gasteiger partial charge in [-0.05, 0) is 37.9 Å². The number of benzene rings is 1. The smallest absolute Gasteiger partial charge is 0.129 e. The van der Waals surface area contributed by atoms with Crippen LogP contribution < -0.4 is 5.32 Å². The molecule has 0 saturated carbocycles. The monoisotopic (exact) mass is 313 g/mol. The Kier molecular flexibility index (Phi) is 6.58. The van der Waals surface area contributed by atoms with Crippen molar-refractivity contribution in [1.29, 1.82) is 0 Å². The molecule has 0 spiro atoms. The van der Waals surface area contributed by atoms with Gasteiger partial charge in [-0.15, -0.1) is 0 Å². The highest BCUT2D eigenvalue weighted by Gasteiger charge is 2.18. The van der Waals surface area contributed by atoms with Gasteiger partial charge in [-0.25, -0.2) is 4.39 Å². The van der Waals surface area contributed by atoms with Crippen molar-refractivity contribution in [3.63, 3.8) is 0 Å². The first kappa shape index (κ1) is 15.4. The Morgan fingerprint density at radius 1 is 1.44 bits per heavy atom. The maximum absolute atomic E-state index is 14.0. The molecule has 1 rings (SSSR count). The van der Waals surface area contributed by atoms with E-state index in [0.29, 0.717) is 5.56 Å². The van der Waals surface area contributed by atoms with Crippen molar-refractivity contribution >= 4 is 15.9 Å². The Morgan fingerprint density at radius 3 is 2.72 bits per heavy atom. The third kappa shape index (κ3) is 4.21. The topological polar surface area (TPSA) is 12.0 Å². The molecule has 0 aliphatic heterocycles. The van der Waals surface area contributed by atoms with Gasteiger partial charge >= 0.3 is 0 Å². The van der Waals surface area contributed by atoms with E-state index in [9.17, 15) is 4.39 Å². The van der Waals surface area contributed by atoms with E-state index in [4.69, 9.17) is 0 Å².